The van der Waals surface area contributed by atoms with Crippen molar-refractivity contribution in [1.82, 2.24) is 4.90 Å². The molecule has 8 heteroatoms. The summed E-state index contributed by atoms with van der Waals surface area (Å²) in [7, 11) is 1.65. The first-order chi connectivity index (χ1) is 12.9. The van der Waals surface area contributed by atoms with Gasteiger partial charge in [0.2, 0.25) is 0 Å². The lowest BCUT2D eigenvalue weighted by Gasteiger charge is -2.18. The third-order valence-corrected chi connectivity index (χ3v) is 4.76. The molecule has 0 aliphatic heterocycles. The number of nitrogens with zero attached hydrogens (tertiary/aromatic N) is 2. The molecule has 1 saturated carbocycles. The highest BCUT2D eigenvalue weighted by Gasteiger charge is 2.26. The Morgan fingerprint density at radius 2 is 2.00 bits per heavy atom. The minimum absolute atomic E-state index is 0.0766. The van der Waals surface area contributed by atoms with Gasteiger partial charge in [-0.25, -0.2) is 0 Å². The largest absolute Gasteiger partial charge is 0.492 e. The number of likely N-dealkylation sites (N-methyl/N-ethyl adjacent to an activating group) is 1. The molecule has 142 valence electrons. The first-order valence-corrected chi connectivity index (χ1v) is 9.42. The van der Waals surface area contributed by atoms with Gasteiger partial charge < -0.3 is 15.0 Å². The van der Waals surface area contributed by atoms with Crippen LogP contribution in [0.5, 0.6) is 5.75 Å². The Kier molecular flexibility index (Phi) is 5.95. The summed E-state index contributed by atoms with van der Waals surface area (Å²) in [5, 5.41) is 14.5. The van der Waals surface area contributed by atoms with Crippen LogP contribution in [-0.2, 0) is 0 Å². The molecule has 0 saturated heterocycles. The molecule has 0 bridgehead atoms. The van der Waals surface area contributed by atoms with Crippen LogP contribution in [0.4, 0.5) is 11.4 Å². The van der Waals surface area contributed by atoms with E-state index in [0.717, 1.165) is 17.3 Å². The lowest BCUT2D eigenvalue weighted by atomic mass is 10.1. The van der Waals surface area contributed by atoms with Crippen molar-refractivity contribution in [1.29, 1.82) is 0 Å². The molecule has 3 rings (SSSR count). The lowest BCUT2D eigenvalue weighted by Crippen LogP contribution is -2.31. The Balaban J connectivity index is 1.60. The first-order valence-electron chi connectivity index (χ1n) is 8.63. The van der Waals surface area contributed by atoms with Crippen LogP contribution in [0.1, 0.15) is 23.2 Å². The molecular formula is C19H20BrN3O4. The van der Waals surface area contributed by atoms with Gasteiger partial charge in [-0.1, -0.05) is 15.9 Å². The minimum atomic E-state index is -0.460. The number of halogens is 1. The highest BCUT2D eigenvalue weighted by Crippen LogP contribution is 2.31. The quantitative estimate of drug-likeness (QED) is 0.500. The topological polar surface area (TPSA) is 84.7 Å². The number of amides is 1. The summed E-state index contributed by atoms with van der Waals surface area (Å²) in [5.74, 6) is 0.431. The van der Waals surface area contributed by atoms with E-state index in [1.165, 1.54) is 11.0 Å². The number of nitro benzene ring substituents is 1. The fourth-order valence-corrected chi connectivity index (χ4v) is 2.80. The highest BCUT2D eigenvalue weighted by molar-refractivity contribution is 9.10. The Hall–Kier alpha value is -2.61. The summed E-state index contributed by atoms with van der Waals surface area (Å²) in [5.41, 5.74) is 0.668. The Morgan fingerprint density at radius 3 is 2.63 bits per heavy atom. The van der Waals surface area contributed by atoms with Crippen LogP contribution in [0.3, 0.4) is 0 Å². The molecule has 0 radical (unpaired) electrons. The highest BCUT2D eigenvalue weighted by atomic mass is 79.9. The molecule has 0 unspecified atom stereocenters. The molecule has 0 spiro atoms. The third kappa shape index (κ3) is 5.19. The fraction of sp³-hybridized carbons (Fsp3) is 0.316. The normalized spacial score (nSPS) is 13.1. The molecule has 2 aromatic rings. The van der Waals surface area contributed by atoms with Crippen LogP contribution >= 0.6 is 15.9 Å². The molecule has 2 aromatic carbocycles. The van der Waals surface area contributed by atoms with Crippen LogP contribution in [0.2, 0.25) is 0 Å². The smallest absolute Gasteiger partial charge is 0.293 e. The number of anilines is 1. The molecule has 1 amide bonds. The van der Waals surface area contributed by atoms with Gasteiger partial charge in [-0.3, -0.25) is 14.9 Å². The van der Waals surface area contributed by atoms with Crippen molar-refractivity contribution in [3.05, 3.63) is 62.6 Å². The number of rotatable bonds is 8. The van der Waals surface area contributed by atoms with Crippen molar-refractivity contribution in [2.45, 2.75) is 18.9 Å². The van der Waals surface area contributed by atoms with E-state index in [0.29, 0.717) is 30.6 Å². The number of ether oxygens (including phenoxy) is 1. The van der Waals surface area contributed by atoms with E-state index in [9.17, 15) is 14.9 Å². The van der Waals surface area contributed by atoms with Gasteiger partial charge in [0.05, 0.1) is 11.5 Å². The van der Waals surface area contributed by atoms with Gasteiger partial charge in [-0.2, -0.15) is 0 Å². The second kappa shape index (κ2) is 8.39. The second-order valence-electron chi connectivity index (χ2n) is 6.44. The van der Waals surface area contributed by atoms with Gasteiger partial charge in [0.15, 0.2) is 0 Å². The Labute approximate surface area is 165 Å². The molecule has 1 N–H and O–H groups in total. The van der Waals surface area contributed by atoms with Crippen molar-refractivity contribution < 1.29 is 14.5 Å². The zero-order valence-electron chi connectivity index (χ0n) is 14.9. The molecule has 1 fully saturated rings. The fourth-order valence-electron chi connectivity index (χ4n) is 2.54. The molecular weight excluding hydrogens is 414 g/mol. The summed E-state index contributed by atoms with van der Waals surface area (Å²) in [6.07, 6.45) is 2.03. The van der Waals surface area contributed by atoms with Gasteiger partial charge in [-0.15, -0.1) is 0 Å². The third-order valence-electron chi connectivity index (χ3n) is 4.23. The molecule has 7 nitrogen and oxygen atoms in total. The SMILES string of the molecule is CN(CCOc1ccc(Br)cc1)C(=O)c1ccc(NC2CC2)c([N+](=O)[O-])c1. The van der Waals surface area contributed by atoms with Gasteiger partial charge in [0.1, 0.15) is 18.0 Å². The van der Waals surface area contributed by atoms with E-state index in [2.05, 4.69) is 21.2 Å². The number of carbonyl (C=O) groups excluding carboxylic acids is 1. The average molecular weight is 434 g/mol. The van der Waals surface area contributed by atoms with E-state index >= 15 is 0 Å². The predicted octanol–water partition coefficient (Wildman–Crippen LogP) is 4.08. The Bertz CT molecular complexity index is 837. The van der Waals surface area contributed by atoms with Crippen LogP contribution in [-0.4, -0.2) is 42.0 Å². The summed E-state index contributed by atoms with van der Waals surface area (Å²) in [6.45, 7) is 0.693. The predicted molar refractivity (Wildman–Crippen MR) is 106 cm³/mol. The maximum atomic E-state index is 12.6. The monoisotopic (exact) mass is 433 g/mol. The van der Waals surface area contributed by atoms with Crippen molar-refractivity contribution in [3.8, 4) is 5.75 Å². The lowest BCUT2D eigenvalue weighted by molar-refractivity contribution is -0.384. The van der Waals surface area contributed by atoms with Crippen molar-refractivity contribution in [2.75, 3.05) is 25.5 Å². The Morgan fingerprint density at radius 1 is 1.30 bits per heavy atom. The summed E-state index contributed by atoms with van der Waals surface area (Å²) in [4.78, 5) is 24.9. The van der Waals surface area contributed by atoms with Crippen LogP contribution in [0, 0.1) is 10.1 Å². The number of carbonyl (C=O) groups is 1. The maximum absolute atomic E-state index is 12.6. The molecule has 27 heavy (non-hydrogen) atoms. The van der Waals surface area contributed by atoms with E-state index in [4.69, 9.17) is 4.74 Å². The standard InChI is InChI=1S/C19H20BrN3O4/c1-22(10-11-27-16-7-3-14(20)4-8-16)19(24)13-2-9-17(21-15-5-6-15)18(12-13)23(25)26/h2-4,7-9,12,15,21H,5-6,10-11H2,1H3. The summed E-state index contributed by atoms with van der Waals surface area (Å²) >= 11 is 3.36. The number of nitro groups is 1. The van der Waals surface area contributed by atoms with Gasteiger partial charge in [0, 0.05) is 29.2 Å². The second-order valence-corrected chi connectivity index (χ2v) is 7.35. The van der Waals surface area contributed by atoms with Crippen LogP contribution in [0.15, 0.2) is 46.9 Å². The van der Waals surface area contributed by atoms with Gasteiger partial charge >= 0.3 is 0 Å². The average Bonchev–Trinajstić information content (AvgIpc) is 3.47. The van der Waals surface area contributed by atoms with Crippen molar-refractivity contribution in [2.24, 2.45) is 0 Å². The van der Waals surface area contributed by atoms with E-state index in [1.54, 1.807) is 19.2 Å². The minimum Gasteiger partial charge on any atom is -0.492 e. The molecule has 1 aliphatic carbocycles. The molecule has 0 atom stereocenters. The number of hydrogen-bond acceptors (Lipinski definition) is 5. The molecule has 1 aliphatic rings. The zero-order valence-corrected chi connectivity index (χ0v) is 16.4. The van der Waals surface area contributed by atoms with Gasteiger partial charge in [0.25, 0.3) is 11.6 Å². The van der Waals surface area contributed by atoms with E-state index in [-0.39, 0.29) is 17.2 Å². The number of hydrogen-bond donors (Lipinski definition) is 1. The van der Waals surface area contributed by atoms with Crippen LogP contribution < -0.4 is 10.1 Å². The molecule has 0 aromatic heterocycles. The number of benzene rings is 2. The maximum Gasteiger partial charge on any atom is 0.293 e. The summed E-state index contributed by atoms with van der Waals surface area (Å²) in [6, 6.07) is 12.3. The number of nitrogens with one attached hydrogen (secondary N) is 1. The summed E-state index contributed by atoms with van der Waals surface area (Å²) < 4.78 is 6.58. The van der Waals surface area contributed by atoms with Crippen molar-refractivity contribution in [3.63, 3.8) is 0 Å². The van der Waals surface area contributed by atoms with Crippen LogP contribution in [0.25, 0.3) is 0 Å². The first kappa shape index (κ1) is 19.2. The van der Waals surface area contributed by atoms with E-state index in [1.807, 2.05) is 24.3 Å². The van der Waals surface area contributed by atoms with Gasteiger partial charge in [-0.05, 0) is 49.2 Å². The van der Waals surface area contributed by atoms with Crippen molar-refractivity contribution >= 4 is 33.2 Å². The van der Waals surface area contributed by atoms with E-state index < -0.39 is 4.92 Å². The molecule has 0 heterocycles. The zero-order chi connectivity index (χ0) is 19.4.